The molecule has 6 heteroatoms. The second-order valence-electron chi connectivity index (χ2n) is 5.90. The molecule has 1 unspecified atom stereocenters. The molecular formula is C17H18N2O3S. The molecule has 1 aromatic carbocycles. The highest BCUT2D eigenvalue weighted by Crippen LogP contribution is 2.25. The predicted molar refractivity (Wildman–Crippen MR) is 89.0 cm³/mol. The predicted octanol–water partition coefficient (Wildman–Crippen LogP) is 2.89. The molecule has 0 saturated carbocycles. The minimum atomic E-state index is -0.943. The van der Waals surface area contributed by atoms with Gasteiger partial charge in [-0.2, -0.15) is 0 Å². The first-order valence-electron chi connectivity index (χ1n) is 7.60. The van der Waals surface area contributed by atoms with E-state index in [-0.39, 0.29) is 11.1 Å². The zero-order chi connectivity index (χ0) is 16.4. The van der Waals surface area contributed by atoms with E-state index in [1.807, 2.05) is 6.07 Å². The summed E-state index contributed by atoms with van der Waals surface area (Å²) in [5, 5.41) is 9.77. The van der Waals surface area contributed by atoms with Gasteiger partial charge in [0.1, 0.15) is 0 Å². The summed E-state index contributed by atoms with van der Waals surface area (Å²) < 4.78 is 0. The summed E-state index contributed by atoms with van der Waals surface area (Å²) in [4.78, 5) is 30.8. The lowest BCUT2D eigenvalue weighted by atomic mass is 9.89. The molecule has 0 fully saturated rings. The molecule has 1 atom stereocenters. The van der Waals surface area contributed by atoms with E-state index in [0.717, 1.165) is 36.1 Å². The van der Waals surface area contributed by atoms with Gasteiger partial charge in [0.2, 0.25) is 0 Å². The maximum Gasteiger partial charge on any atom is 0.335 e. The summed E-state index contributed by atoms with van der Waals surface area (Å²) in [6.07, 6.45) is 2.67. The van der Waals surface area contributed by atoms with E-state index < -0.39 is 5.97 Å². The second-order valence-corrected chi connectivity index (χ2v) is 6.86. The van der Waals surface area contributed by atoms with Crippen LogP contribution in [0.2, 0.25) is 0 Å². The minimum Gasteiger partial charge on any atom is -0.478 e. The van der Waals surface area contributed by atoms with Crippen molar-refractivity contribution >= 4 is 17.7 Å². The molecule has 2 N–H and O–H groups in total. The van der Waals surface area contributed by atoms with Gasteiger partial charge in [0.15, 0.2) is 5.16 Å². The highest BCUT2D eigenvalue weighted by atomic mass is 32.2. The van der Waals surface area contributed by atoms with Crippen molar-refractivity contribution in [1.82, 2.24) is 9.97 Å². The van der Waals surface area contributed by atoms with Gasteiger partial charge >= 0.3 is 5.97 Å². The van der Waals surface area contributed by atoms with Gasteiger partial charge in [-0.3, -0.25) is 4.79 Å². The van der Waals surface area contributed by atoms with E-state index in [9.17, 15) is 14.7 Å². The van der Waals surface area contributed by atoms with E-state index in [4.69, 9.17) is 0 Å². The van der Waals surface area contributed by atoms with Crippen LogP contribution < -0.4 is 5.56 Å². The number of rotatable bonds is 4. The largest absolute Gasteiger partial charge is 0.478 e. The smallest absolute Gasteiger partial charge is 0.335 e. The van der Waals surface area contributed by atoms with Crippen LogP contribution in [-0.2, 0) is 18.6 Å². The van der Waals surface area contributed by atoms with Gasteiger partial charge < -0.3 is 10.1 Å². The molecule has 0 aliphatic heterocycles. The molecule has 0 spiro atoms. The molecule has 5 nitrogen and oxygen atoms in total. The number of thioether (sulfide) groups is 1. The van der Waals surface area contributed by atoms with E-state index in [2.05, 4.69) is 16.9 Å². The Hall–Kier alpha value is -2.08. The minimum absolute atomic E-state index is 0.0597. The van der Waals surface area contributed by atoms with Crippen LogP contribution in [0.1, 0.15) is 40.5 Å². The number of hydrogen-bond acceptors (Lipinski definition) is 4. The number of aryl methyl sites for hydroxylation is 1. The van der Waals surface area contributed by atoms with Gasteiger partial charge in [-0.05, 0) is 36.8 Å². The molecule has 0 amide bonds. The third-order valence-corrected chi connectivity index (χ3v) is 5.04. The number of hydrogen-bond donors (Lipinski definition) is 2. The Balaban J connectivity index is 1.81. The summed E-state index contributed by atoms with van der Waals surface area (Å²) in [5.74, 6) is 0.0362. The summed E-state index contributed by atoms with van der Waals surface area (Å²) in [6.45, 7) is 2.15. The topological polar surface area (TPSA) is 83.0 Å². The first-order valence-corrected chi connectivity index (χ1v) is 8.59. The van der Waals surface area contributed by atoms with Crippen LogP contribution in [0.5, 0.6) is 0 Å². The van der Waals surface area contributed by atoms with Crippen molar-refractivity contribution in [2.24, 2.45) is 5.92 Å². The highest BCUT2D eigenvalue weighted by molar-refractivity contribution is 7.98. The van der Waals surface area contributed by atoms with Crippen molar-refractivity contribution in [2.75, 3.05) is 0 Å². The highest BCUT2D eigenvalue weighted by Gasteiger charge is 2.20. The Morgan fingerprint density at radius 3 is 3.00 bits per heavy atom. The third-order valence-electron chi connectivity index (χ3n) is 4.12. The van der Waals surface area contributed by atoms with E-state index >= 15 is 0 Å². The molecule has 1 heterocycles. The molecule has 1 aliphatic rings. The molecule has 23 heavy (non-hydrogen) atoms. The molecule has 0 saturated heterocycles. The Morgan fingerprint density at radius 2 is 2.22 bits per heavy atom. The number of aromatic nitrogens is 2. The number of carboxylic acids is 1. The van der Waals surface area contributed by atoms with Gasteiger partial charge in [-0.1, -0.05) is 36.9 Å². The SMILES string of the molecule is CC1CCc2nc(SCc3ccccc3C(=O)O)[nH]c(=O)c2C1. The van der Waals surface area contributed by atoms with Crippen LogP contribution in [0.3, 0.4) is 0 Å². The average Bonchev–Trinajstić information content (AvgIpc) is 2.54. The van der Waals surface area contributed by atoms with Crippen LogP contribution in [0.25, 0.3) is 0 Å². The zero-order valence-electron chi connectivity index (χ0n) is 12.8. The first-order chi connectivity index (χ1) is 11.0. The number of carboxylic acid groups (broad SMARTS) is 1. The van der Waals surface area contributed by atoms with E-state index in [1.54, 1.807) is 18.2 Å². The lowest BCUT2D eigenvalue weighted by molar-refractivity contribution is 0.0696. The third kappa shape index (κ3) is 3.47. The summed E-state index contributed by atoms with van der Waals surface area (Å²) in [6, 6.07) is 6.89. The Kier molecular flexibility index (Phi) is 4.52. The van der Waals surface area contributed by atoms with Crippen molar-refractivity contribution in [1.29, 1.82) is 0 Å². The summed E-state index contributed by atoms with van der Waals surface area (Å²) >= 11 is 1.36. The number of carbonyl (C=O) groups is 1. The quantitative estimate of drug-likeness (QED) is 0.665. The standard InChI is InChI=1S/C17H18N2O3S/c1-10-6-7-14-13(8-10)15(20)19-17(18-14)23-9-11-4-2-3-5-12(11)16(21)22/h2-5,10H,6-9H2,1H3,(H,21,22)(H,18,19,20). The Labute approximate surface area is 138 Å². The molecule has 0 radical (unpaired) electrons. The van der Waals surface area contributed by atoms with Crippen molar-refractivity contribution in [3.63, 3.8) is 0 Å². The van der Waals surface area contributed by atoms with Gasteiger partial charge in [0.25, 0.3) is 5.56 Å². The van der Waals surface area contributed by atoms with E-state index in [0.29, 0.717) is 16.8 Å². The van der Waals surface area contributed by atoms with Crippen molar-refractivity contribution in [2.45, 2.75) is 37.1 Å². The first kappa shape index (κ1) is 15.8. The molecule has 1 aromatic heterocycles. The number of fused-ring (bicyclic) bond motifs is 1. The molecule has 120 valence electrons. The van der Waals surface area contributed by atoms with Gasteiger partial charge in [0, 0.05) is 11.3 Å². The second kappa shape index (κ2) is 6.58. The van der Waals surface area contributed by atoms with Crippen LogP contribution in [0.15, 0.2) is 34.2 Å². The fourth-order valence-electron chi connectivity index (χ4n) is 2.84. The van der Waals surface area contributed by atoms with Crippen molar-refractivity contribution in [3.8, 4) is 0 Å². The van der Waals surface area contributed by atoms with Crippen molar-refractivity contribution in [3.05, 3.63) is 57.0 Å². The van der Waals surface area contributed by atoms with Gasteiger partial charge in [-0.25, -0.2) is 9.78 Å². The Bertz CT molecular complexity index is 801. The number of benzene rings is 1. The van der Waals surface area contributed by atoms with Crippen LogP contribution in [0.4, 0.5) is 0 Å². The fourth-order valence-corrected chi connectivity index (χ4v) is 3.73. The van der Waals surface area contributed by atoms with Crippen molar-refractivity contribution < 1.29 is 9.90 Å². The lowest BCUT2D eigenvalue weighted by Gasteiger charge is -2.19. The van der Waals surface area contributed by atoms with Crippen LogP contribution in [0, 0.1) is 5.92 Å². The normalized spacial score (nSPS) is 16.8. The summed E-state index contributed by atoms with van der Waals surface area (Å²) in [7, 11) is 0. The monoisotopic (exact) mass is 330 g/mol. The lowest BCUT2D eigenvalue weighted by Crippen LogP contribution is -2.24. The van der Waals surface area contributed by atoms with Gasteiger partial charge in [-0.15, -0.1) is 0 Å². The number of aromatic carboxylic acids is 1. The number of nitrogens with one attached hydrogen (secondary N) is 1. The molecule has 2 aromatic rings. The number of nitrogens with zero attached hydrogens (tertiary/aromatic N) is 1. The average molecular weight is 330 g/mol. The molecular weight excluding hydrogens is 312 g/mol. The number of H-pyrrole nitrogens is 1. The zero-order valence-corrected chi connectivity index (χ0v) is 13.7. The molecule has 3 rings (SSSR count). The molecule has 1 aliphatic carbocycles. The maximum absolute atomic E-state index is 12.2. The maximum atomic E-state index is 12.2. The molecule has 0 bridgehead atoms. The van der Waals surface area contributed by atoms with E-state index in [1.165, 1.54) is 11.8 Å². The van der Waals surface area contributed by atoms with Gasteiger partial charge in [0.05, 0.1) is 11.3 Å². The van der Waals surface area contributed by atoms with Crippen LogP contribution >= 0.6 is 11.8 Å². The van der Waals surface area contributed by atoms with Crippen LogP contribution in [-0.4, -0.2) is 21.0 Å². The summed E-state index contributed by atoms with van der Waals surface area (Å²) in [5.41, 5.74) is 2.64. The Morgan fingerprint density at radius 1 is 1.43 bits per heavy atom. The fraction of sp³-hybridized carbons (Fsp3) is 0.353. The number of aromatic amines is 1.